The van der Waals surface area contributed by atoms with Crippen LogP contribution in [0.1, 0.15) is 32.8 Å². The average Bonchev–Trinajstić information content (AvgIpc) is 2.41. The fraction of sp³-hybridized carbons (Fsp3) is 0.500. The maximum Gasteiger partial charge on any atom is 0.116 e. The van der Waals surface area contributed by atoms with E-state index in [0.29, 0.717) is 11.8 Å². The molecule has 0 spiro atoms. The van der Waals surface area contributed by atoms with Crippen molar-refractivity contribution >= 4 is 5.69 Å². The first-order chi connectivity index (χ1) is 6.58. The van der Waals surface area contributed by atoms with E-state index >= 15 is 0 Å². The maximum absolute atomic E-state index is 9.48. The number of phenolic OH excluding ortho intramolecular Hbond substituents is 1. The largest absolute Gasteiger partial charge is 0.508 e. The first-order valence-electron chi connectivity index (χ1n) is 5.18. The van der Waals surface area contributed by atoms with Crippen LogP contribution in [0.3, 0.4) is 0 Å². The van der Waals surface area contributed by atoms with Gasteiger partial charge in [0, 0.05) is 17.1 Å². The molecule has 0 aliphatic carbocycles. The summed E-state index contributed by atoms with van der Waals surface area (Å²) in [6.07, 6.45) is 1.08. The van der Waals surface area contributed by atoms with Gasteiger partial charge in [0.05, 0.1) is 0 Å². The summed E-state index contributed by atoms with van der Waals surface area (Å²) in [4.78, 5) is 0. The molecule has 1 aliphatic rings. The second-order valence-electron chi connectivity index (χ2n) is 4.37. The van der Waals surface area contributed by atoms with Crippen LogP contribution in [0, 0.1) is 0 Å². The van der Waals surface area contributed by atoms with Crippen LogP contribution in [0.4, 0.5) is 5.69 Å². The van der Waals surface area contributed by atoms with Crippen molar-refractivity contribution in [2.24, 2.45) is 0 Å². The highest BCUT2D eigenvalue weighted by Crippen LogP contribution is 2.44. The monoisotopic (exact) mass is 191 g/mol. The van der Waals surface area contributed by atoms with E-state index in [4.69, 9.17) is 0 Å². The van der Waals surface area contributed by atoms with Crippen molar-refractivity contribution < 1.29 is 5.11 Å². The van der Waals surface area contributed by atoms with Gasteiger partial charge in [-0.25, -0.2) is 0 Å². The van der Waals surface area contributed by atoms with Crippen LogP contribution in [0.2, 0.25) is 0 Å². The lowest BCUT2D eigenvalue weighted by Gasteiger charge is -2.28. The third-order valence-corrected chi connectivity index (χ3v) is 3.68. The minimum absolute atomic E-state index is 0.147. The molecule has 1 aliphatic heterocycles. The molecular formula is C12H17NO. The number of phenols is 1. The first-order valence-corrected chi connectivity index (χ1v) is 5.18. The lowest BCUT2D eigenvalue weighted by molar-refractivity contribution is 0.420. The van der Waals surface area contributed by atoms with Crippen LogP contribution in [-0.4, -0.2) is 11.1 Å². The molecule has 2 atom stereocenters. The van der Waals surface area contributed by atoms with E-state index in [1.807, 2.05) is 12.1 Å². The molecule has 0 bridgehead atoms. The van der Waals surface area contributed by atoms with Crippen LogP contribution in [0.15, 0.2) is 18.2 Å². The molecule has 2 unspecified atom stereocenters. The van der Waals surface area contributed by atoms with E-state index in [1.165, 1.54) is 11.3 Å². The number of benzene rings is 1. The van der Waals surface area contributed by atoms with E-state index in [-0.39, 0.29) is 5.41 Å². The van der Waals surface area contributed by atoms with E-state index < -0.39 is 0 Å². The number of aromatic hydroxyl groups is 1. The highest BCUT2D eigenvalue weighted by molar-refractivity contribution is 5.63. The lowest BCUT2D eigenvalue weighted by atomic mass is 9.77. The summed E-state index contributed by atoms with van der Waals surface area (Å²) < 4.78 is 0. The minimum Gasteiger partial charge on any atom is -0.508 e. The van der Waals surface area contributed by atoms with Gasteiger partial charge in [-0.2, -0.15) is 0 Å². The molecule has 0 fully saturated rings. The van der Waals surface area contributed by atoms with Crippen molar-refractivity contribution in [2.75, 3.05) is 5.32 Å². The Morgan fingerprint density at radius 1 is 1.50 bits per heavy atom. The van der Waals surface area contributed by atoms with Crippen molar-refractivity contribution in [1.82, 2.24) is 0 Å². The first kappa shape index (κ1) is 9.38. The summed E-state index contributed by atoms with van der Waals surface area (Å²) in [5, 5.41) is 12.9. The van der Waals surface area contributed by atoms with Gasteiger partial charge >= 0.3 is 0 Å². The van der Waals surface area contributed by atoms with Crippen LogP contribution >= 0.6 is 0 Å². The highest BCUT2D eigenvalue weighted by atomic mass is 16.3. The second-order valence-corrected chi connectivity index (χ2v) is 4.37. The molecule has 0 aromatic heterocycles. The molecule has 1 aromatic rings. The van der Waals surface area contributed by atoms with Crippen LogP contribution < -0.4 is 5.32 Å². The molecule has 76 valence electrons. The van der Waals surface area contributed by atoms with Gasteiger partial charge in [-0.15, -0.1) is 0 Å². The van der Waals surface area contributed by atoms with Gasteiger partial charge in [-0.05, 0) is 37.1 Å². The fourth-order valence-corrected chi connectivity index (χ4v) is 2.25. The topological polar surface area (TPSA) is 32.3 Å². The number of anilines is 1. The summed E-state index contributed by atoms with van der Waals surface area (Å²) in [6.45, 7) is 6.63. The van der Waals surface area contributed by atoms with Gasteiger partial charge in [0.15, 0.2) is 0 Å². The summed E-state index contributed by atoms with van der Waals surface area (Å²) in [7, 11) is 0. The second kappa shape index (κ2) is 2.91. The maximum atomic E-state index is 9.48. The fourth-order valence-electron chi connectivity index (χ4n) is 2.25. The Hall–Kier alpha value is -1.18. The van der Waals surface area contributed by atoms with Gasteiger partial charge in [0.25, 0.3) is 0 Å². The molecule has 2 heteroatoms. The van der Waals surface area contributed by atoms with Crippen molar-refractivity contribution in [3.05, 3.63) is 23.8 Å². The summed E-state index contributed by atoms with van der Waals surface area (Å²) >= 11 is 0. The predicted octanol–water partition coefficient (Wildman–Crippen LogP) is 2.87. The smallest absolute Gasteiger partial charge is 0.116 e. The van der Waals surface area contributed by atoms with Gasteiger partial charge in [0.2, 0.25) is 0 Å². The van der Waals surface area contributed by atoms with E-state index in [0.717, 1.165) is 6.42 Å². The van der Waals surface area contributed by atoms with Crippen LogP contribution in [0.5, 0.6) is 5.75 Å². The van der Waals surface area contributed by atoms with E-state index in [1.54, 1.807) is 6.07 Å². The average molecular weight is 191 g/mol. The Bertz CT molecular complexity index is 361. The Labute approximate surface area is 85.0 Å². The third-order valence-electron chi connectivity index (χ3n) is 3.68. The van der Waals surface area contributed by atoms with Gasteiger partial charge in [-0.1, -0.05) is 13.8 Å². The van der Waals surface area contributed by atoms with E-state index in [2.05, 4.69) is 26.1 Å². The summed E-state index contributed by atoms with van der Waals surface area (Å²) in [5.74, 6) is 0.360. The molecule has 0 amide bonds. The zero-order valence-electron chi connectivity index (χ0n) is 8.96. The molecule has 14 heavy (non-hydrogen) atoms. The number of fused-ring (bicyclic) bond motifs is 1. The molecule has 0 saturated heterocycles. The molecule has 2 rings (SSSR count). The SMILES string of the molecule is CCC1(C)c2cc(O)ccc2NC1C. The zero-order valence-corrected chi connectivity index (χ0v) is 8.96. The molecule has 1 aromatic carbocycles. The van der Waals surface area contributed by atoms with Gasteiger partial charge < -0.3 is 10.4 Å². The number of hydrogen-bond acceptors (Lipinski definition) is 2. The molecular weight excluding hydrogens is 174 g/mol. The molecule has 2 nitrogen and oxygen atoms in total. The highest BCUT2D eigenvalue weighted by Gasteiger charge is 2.38. The van der Waals surface area contributed by atoms with Crippen LogP contribution in [0.25, 0.3) is 0 Å². The Kier molecular flexibility index (Phi) is 1.95. The van der Waals surface area contributed by atoms with Gasteiger partial charge in [-0.3, -0.25) is 0 Å². The van der Waals surface area contributed by atoms with Gasteiger partial charge in [0.1, 0.15) is 5.75 Å². The zero-order chi connectivity index (χ0) is 10.3. The predicted molar refractivity (Wildman–Crippen MR) is 58.8 cm³/mol. The molecule has 1 heterocycles. The molecule has 0 saturated carbocycles. The van der Waals surface area contributed by atoms with E-state index in [9.17, 15) is 5.11 Å². The summed E-state index contributed by atoms with van der Waals surface area (Å²) in [6, 6.07) is 6.02. The minimum atomic E-state index is 0.147. The Morgan fingerprint density at radius 2 is 2.21 bits per heavy atom. The van der Waals surface area contributed by atoms with Crippen molar-refractivity contribution in [3.8, 4) is 5.75 Å². The van der Waals surface area contributed by atoms with Crippen molar-refractivity contribution in [3.63, 3.8) is 0 Å². The molecule has 0 radical (unpaired) electrons. The Morgan fingerprint density at radius 3 is 2.86 bits per heavy atom. The number of rotatable bonds is 1. The quantitative estimate of drug-likeness (QED) is 0.669. The Balaban J connectivity index is 2.55. The normalized spacial score (nSPS) is 29.8. The lowest BCUT2D eigenvalue weighted by Crippen LogP contribution is -2.32. The van der Waals surface area contributed by atoms with Crippen molar-refractivity contribution in [2.45, 2.75) is 38.6 Å². The van der Waals surface area contributed by atoms with Crippen molar-refractivity contribution in [1.29, 1.82) is 0 Å². The number of nitrogens with one attached hydrogen (secondary N) is 1. The third kappa shape index (κ3) is 1.10. The standard InChI is InChI=1S/C12H17NO/c1-4-12(3)8(2)13-11-6-5-9(14)7-10(11)12/h5-8,13-14H,4H2,1-3H3. The number of hydrogen-bond donors (Lipinski definition) is 2. The molecule has 2 N–H and O–H groups in total. The summed E-state index contributed by atoms with van der Waals surface area (Å²) in [5.41, 5.74) is 2.56. The van der Waals surface area contributed by atoms with Crippen LogP contribution in [-0.2, 0) is 5.41 Å².